The highest BCUT2D eigenvalue weighted by atomic mass is 79.9. The molecular weight excluding hydrogens is 358 g/mol. The maximum Gasteiger partial charge on any atom is 0.335 e. The molecule has 2 N–H and O–H groups in total. The third kappa shape index (κ3) is 5.41. The quantitative estimate of drug-likeness (QED) is 0.680. The van der Waals surface area contributed by atoms with Gasteiger partial charge in [0.15, 0.2) is 0 Å². The second kappa shape index (κ2) is 7.91. The minimum Gasteiger partial charge on any atom is -0.478 e. The van der Waals surface area contributed by atoms with Crippen LogP contribution in [0.3, 0.4) is 0 Å². The van der Waals surface area contributed by atoms with Gasteiger partial charge in [0.25, 0.3) is 0 Å². The van der Waals surface area contributed by atoms with Crippen molar-refractivity contribution < 1.29 is 18.3 Å². The van der Waals surface area contributed by atoms with E-state index in [1.54, 1.807) is 0 Å². The predicted octanol–water partition coefficient (Wildman–Crippen LogP) is 3.39. The minimum absolute atomic E-state index is 0.0512. The van der Waals surface area contributed by atoms with Crippen LogP contribution >= 0.6 is 15.9 Å². The summed E-state index contributed by atoms with van der Waals surface area (Å²) in [5, 5.41) is 8.96. The van der Waals surface area contributed by atoms with Crippen LogP contribution in [0.2, 0.25) is 0 Å². The SMILES string of the molecule is CCCCCC(C)NS(=O)(=O)c1cc(C(=O)O)ccc1Br. The number of carboxylic acid groups (broad SMARTS) is 1. The van der Waals surface area contributed by atoms with E-state index in [-0.39, 0.29) is 16.5 Å². The first kappa shape index (κ1) is 18.1. The summed E-state index contributed by atoms with van der Waals surface area (Å²) in [5.41, 5.74) is -0.0581. The van der Waals surface area contributed by atoms with Gasteiger partial charge in [-0.3, -0.25) is 0 Å². The second-order valence-corrected chi connectivity index (χ2v) is 7.51. The third-order valence-electron chi connectivity index (χ3n) is 3.06. The van der Waals surface area contributed by atoms with Crippen molar-refractivity contribution in [3.63, 3.8) is 0 Å². The Morgan fingerprint density at radius 2 is 2.05 bits per heavy atom. The number of nitrogens with one attached hydrogen (secondary N) is 1. The summed E-state index contributed by atoms with van der Waals surface area (Å²) in [6, 6.07) is 3.76. The molecule has 118 valence electrons. The zero-order valence-electron chi connectivity index (χ0n) is 12.1. The van der Waals surface area contributed by atoms with Gasteiger partial charge in [-0.05, 0) is 47.5 Å². The Balaban J connectivity index is 2.92. The van der Waals surface area contributed by atoms with Gasteiger partial charge in [0.05, 0.1) is 10.5 Å². The van der Waals surface area contributed by atoms with Crippen LogP contribution in [0.25, 0.3) is 0 Å². The smallest absolute Gasteiger partial charge is 0.335 e. The summed E-state index contributed by atoms with van der Waals surface area (Å²) in [6.07, 6.45) is 3.84. The molecule has 0 saturated heterocycles. The van der Waals surface area contributed by atoms with Crippen LogP contribution < -0.4 is 4.72 Å². The van der Waals surface area contributed by atoms with E-state index in [1.165, 1.54) is 12.1 Å². The van der Waals surface area contributed by atoms with Gasteiger partial charge in [0, 0.05) is 10.5 Å². The fourth-order valence-electron chi connectivity index (χ4n) is 1.93. The Morgan fingerprint density at radius 1 is 1.38 bits per heavy atom. The standard InChI is InChI=1S/C14H20BrNO4S/c1-3-4-5-6-10(2)16-21(19,20)13-9-11(14(17)18)7-8-12(13)15/h7-10,16H,3-6H2,1-2H3,(H,17,18). The lowest BCUT2D eigenvalue weighted by atomic mass is 10.1. The molecule has 0 aliphatic carbocycles. The molecule has 0 fully saturated rings. The molecule has 0 saturated carbocycles. The first-order valence-electron chi connectivity index (χ1n) is 6.83. The zero-order chi connectivity index (χ0) is 16.0. The normalized spacial score (nSPS) is 13.1. The van der Waals surface area contributed by atoms with Crippen molar-refractivity contribution in [1.82, 2.24) is 4.72 Å². The van der Waals surface area contributed by atoms with E-state index in [4.69, 9.17) is 5.11 Å². The lowest BCUT2D eigenvalue weighted by molar-refractivity contribution is 0.0696. The molecule has 0 heterocycles. The molecule has 0 aliphatic rings. The Kier molecular flexibility index (Phi) is 6.83. The average Bonchev–Trinajstić information content (AvgIpc) is 2.38. The van der Waals surface area contributed by atoms with E-state index in [2.05, 4.69) is 27.6 Å². The topological polar surface area (TPSA) is 83.5 Å². The van der Waals surface area contributed by atoms with Crippen molar-refractivity contribution in [3.05, 3.63) is 28.2 Å². The maximum absolute atomic E-state index is 12.3. The fourth-order valence-corrected chi connectivity index (χ4v) is 4.20. The largest absolute Gasteiger partial charge is 0.478 e. The molecule has 1 unspecified atom stereocenters. The summed E-state index contributed by atoms with van der Waals surface area (Å²) >= 11 is 3.16. The summed E-state index contributed by atoms with van der Waals surface area (Å²) in [4.78, 5) is 10.9. The van der Waals surface area contributed by atoms with E-state index >= 15 is 0 Å². The van der Waals surface area contributed by atoms with E-state index in [0.29, 0.717) is 4.47 Å². The van der Waals surface area contributed by atoms with E-state index in [9.17, 15) is 13.2 Å². The van der Waals surface area contributed by atoms with Gasteiger partial charge < -0.3 is 5.11 Å². The number of hydrogen-bond donors (Lipinski definition) is 2. The van der Waals surface area contributed by atoms with Crippen molar-refractivity contribution >= 4 is 31.9 Å². The molecule has 0 bridgehead atoms. The van der Waals surface area contributed by atoms with Crippen molar-refractivity contribution in [2.24, 2.45) is 0 Å². The molecule has 0 amide bonds. The van der Waals surface area contributed by atoms with Crippen molar-refractivity contribution in [1.29, 1.82) is 0 Å². The fraction of sp³-hybridized carbons (Fsp3) is 0.500. The highest BCUT2D eigenvalue weighted by Gasteiger charge is 2.21. The van der Waals surface area contributed by atoms with Gasteiger partial charge in [-0.2, -0.15) is 0 Å². The molecule has 0 radical (unpaired) electrons. The first-order chi connectivity index (χ1) is 9.77. The molecule has 7 heteroatoms. The van der Waals surface area contributed by atoms with Gasteiger partial charge in [-0.15, -0.1) is 0 Å². The zero-order valence-corrected chi connectivity index (χ0v) is 14.5. The van der Waals surface area contributed by atoms with Crippen LogP contribution in [0.5, 0.6) is 0 Å². The highest BCUT2D eigenvalue weighted by Crippen LogP contribution is 2.23. The Bertz CT molecular complexity index is 601. The van der Waals surface area contributed by atoms with Gasteiger partial charge in [-0.25, -0.2) is 17.9 Å². The van der Waals surface area contributed by atoms with Crippen LogP contribution in [0, 0.1) is 0 Å². The summed E-state index contributed by atoms with van der Waals surface area (Å²) in [5.74, 6) is -1.16. The molecule has 0 spiro atoms. The number of benzene rings is 1. The maximum atomic E-state index is 12.3. The number of carboxylic acids is 1. The van der Waals surface area contributed by atoms with Crippen molar-refractivity contribution in [3.8, 4) is 0 Å². The molecule has 0 aliphatic heterocycles. The van der Waals surface area contributed by atoms with Crippen LogP contribution in [0.15, 0.2) is 27.6 Å². The number of unbranched alkanes of at least 4 members (excludes halogenated alkanes) is 2. The molecule has 1 atom stereocenters. The van der Waals surface area contributed by atoms with Crippen molar-refractivity contribution in [2.45, 2.75) is 50.5 Å². The van der Waals surface area contributed by atoms with Gasteiger partial charge in [0.1, 0.15) is 0 Å². The Morgan fingerprint density at radius 3 is 2.62 bits per heavy atom. The van der Waals surface area contributed by atoms with E-state index < -0.39 is 16.0 Å². The highest BCUT2D eigenvalue weighted by molar-refractivity contribution is 9.10. The number of sulfonamides is 1. The number of rotatable bonds is 8. The number of hydrogen-bond acceptors (Lipinski definition) is 3. The number of halogens is 1. The van der Waals surface area contributed by atoms with Gasteiger partial charge in [0.2, 0.25) is 10.0 Å². The van der Waals surface area contributed by atoms with Crippen LogP contribution in [0.4, 0.5) is 0 Å². The average molecular weight is 378 g/mol. The first-order valence-corrected chi connectivity index (χ1v) is 9.10. The van der Waals surface area contributed by atoms with E-state index in [0.717, 1.165) is 31.7 Å². The molecule has 1 aromatic carbocycles. The molecule has 5 nitrogen and oxygen atoms in total. The lowest BCUT2D eigenvalue weighted by Gasteiger charge is -2.15. The van der Waals surface area contributed by atoms with Crippen LogP contribution in [-0.4, -0.2) is 25.5 Å². The third-order valence-corrected chi connectivity index (χ3v) is 5.65. The molecule has 1 aromatic rings. The van der Waals surface area contributed by atoms with E-state index in [1.807, 2.05) is 6.92 Å². The van der Waals surface area contributed by atoms with Crippen molar-refractivity contribution in [2.75, 3.05) is 0 Å². The summed E-state index contributed by atoms with van der Waals surface area (Å²) in [7, 11) is -3.74. The predicted molar refractivity (Wildman–Crippen MR) is 85.0 cm³/mol. The molecule has 0 aromatic heterocycles. The Labute approximate surface area is 133 Å². The Hall–Kier alpha value is -0.920. The van der Waals surface area contributed by atoms with Crippen LogP contribution in [-0.2, 0) is 10.0 Å². The number of aromatic carboxylic acids is 1. The lowest BCUT2D eigenvalue weighted by Crippen LogP contribution is -2.32. The van der Waals surface area contributed by atoms with Crippen LogP contribution in [0.1, 0.15) is 49.9 Å². The van der Waals surface area contributed by atoms with Gasteiger partial charge >= 0.3 is 5.97 Å². The monoisotopic (exact) mass is 377 g/mol. The summed E-state index contributed by atoms with van der Waals surface area (Å²) in [6.45, 7) is 3.89. The summed E-state index contributed by atoms with van der Waals surface area (Å²) < 4.78 is 27.6. The van der Waals surface area contributed by atoms with Gasteiger partial charge in [-0.1, -0.05) is 26.2 Å². The molecule has 1 rings (SSSR count). The number of carbonyl (C=O) groups is 1. The molecular formula is C14H20BrNO4S. The minimum atomic E-state index is -3.74. The second-order valence-electron chi connectivity index (χ2n) is 4.97. The molecule has 21 heavy (non-hydrogen) atoms.